The van der Waals surface area contributed by atoms with Crippen molar-refractivity contribution in [1.82, 2.24) is 14.0 Å². The van der Waals surface area contributed by atoms with Crippen molar-refractivity contribution in [3.63, 3.8) is 0 Å². The lowest BCUT2D eigenvalue weighted by molar-refractivity contribution is 0.510. The minimum absolute atomic E-state index is 0.0431. The van der Waals surface area contributed by atoms with Crippen molar-refractivity contribution >= 4 is 83.7 Å². The Morgan fingerprint density at radius 3 is 2.36 bits per heavy atom. The van der Waals surface area contributed by atoms with E-state index in [1.807, 2.05) is 16.5 Å². The molecular weight excluding hydrogens is 587 g/mol. The molecular formula is C40H26BF2N3O. The minimum atomic E-state index is -0.903. The monoisotopic (exact) mass is 613 g/mol. The zero-order chi connectivity index (χ0) is 31.5. The first-order chi connectivity index (χ1) is 22.9. The maximum absolute atomic E-state index is 14.9. The average molecular weight is 613 g/mol. The average Bonchev–Trinajstić information content (AvgIpc) is 3.74. The molecule has 0 amide bonds. The van der Waals surface area contributed by atoms with Crippen molar-refractivity contribution in [3.8, 4) is 5.69 Å². The molecule has 0 unspecified atom stereocenters. The van der Waals surface area contributed by atoms with Crippen LogP contribution < -0.4 is 16.4 Å². The van der Waals surface area contributed by atoms with Crippen LogP contribution in [0.15, 0.2) is 83.3 Å². The first-order valence-corrected chi connectivity index (χ1v) is 16.2. The molecule has 0 saturated heterocycles. The van der Waals surface area contributed by atoms with Gasteiger partial charge in [-0.1, -0.05) is 70.7 Å². The van der Waals surface area contributed by atoms with Gasteiger partial charge in [-0.2, -0.15) is 0 Å². The van der Waals surface area contributed by atoms with Gasteiger partial charge in [-0.05, 0) is 73.2 Å². The van der Waals surface area contributed by atoms with E-state index in [2.05, 4.69) is 79.9 Å². The Bertz CT molecular complexity index is 2910. The number of hydrogen-bond acceptors (Lipinski definition) is 2. The zero-order valence-electron chi connectivity index (χ0n) is 26.0. The molecule has 0 fully saturated rings. The predicted octanol–water partition coefficient (Wildman–Crippen LogP) is 7.62. The number of para-hydroxylation sites is 1. The van der Waals surface area contributed by atoms with E-state index in [1.54, 1.807) is 0 Å². The topological polar surface area (TPSA) is 35.4 Å². The Morgan fingerprint density at radius 1 is 0.723 bits per heavy atom. The van der Waals surface area contributed by atoms with Crippen LogP contribution in [-0.4, -0.2) is 20.7 Å². The molecule has 1 aliphatic carbocycles. The van der Waals surface area contributed by atoms with Crippen LogP contribution in [0.3, 0.4) is 0 Å². The Balaban J connectivity index is 1.43. The quantitative estimate of drug-likeness (QED) is 0.179. The van der Waals surface area contributed by atoms with E-state index in [1.165, 1.54) is 56.3 Å². The smallest absolute Gasteiger partial charge is 0.247 e. The van der Waals surface area contributed by atoms with E-state index in [4.69, 9.17) is 9.40 Å². The number of furan rings is 1. The standard InChI is InChI=1S/C40H26BF2N3O/c1-19-12-20(2)38(21(3)13-19)41-26-15-25-24-6-4-5-7-34(24)47-35(25)18-32(26)46-39-27(41)14-23-9-8-22-10-11-31(37(39)36(22)23)45-33-17-29(43)28(42)16-30(33)44-40(45)46/h4-7,10-18H,8-9H2,1-3H3. The van der Waals surface area contributed by atoms with Gasteiger partial charge in [-0.15, -0.1) is 0 Å². The van der Waals surface area contributed by atoms with Crippen LogP contribution in [0.25, 0.3) is 66.2 Å². The third-order valence-corrected chi connectivity index (χ3v) is 10.9. The maximum atomic E-state index is 14.9. The zero-order valence-corrected chi connectivity index (χ0v) is 26.0. The molecule has 224 valence electrons. The first kappa shape index (κ1) is 25.7. The van der Waals surface area contributed by atoms with Gasteiger partial charge in [0.25, 0.3) is 0 Å². The van der Waals surface area contributed by atoms with E-state index in [0.717, 1.165) is 62.3 Å². The van der Waals surface area contributed by atoms with Gasteiger partial charge in [-0.3, -0.25) is 8.97 Å². The lowest BCUT2D eigenvalue weighted by Crippen LogP contribution is -2.58. The highest BCUT2D eigenvalue weighted by Gasteiger charge is 2.38. The van der Waals surface area contributed by atoms with Gasteiger partial charge in [0.15, 0.2) is 11.6 Å². The number of aryl methyl sites for hydroxylation is 5. The van der Waals surface area contributed by atoms with E-state index in [-0.39, 0.29) is 6.71 Å². The van der Waals surface area contributed by atoms with Crippen LogP contribution in [0.5, 0.6) is 0 Å². The largest absolute Gasteiger partial charge is 0.456 e. The highest BCUT2D eigenvalue weighted by Crippen LogP contribution is 2.41. The normalized spacial score (nSPS) is 13.9. The van der Waals surface area contributed by atoms with Gasteiger partial charge in [0.2, 0.25) is 12.5 Å². The summed E-state index contributed by atoms with van der Waals surface area (Å²) in [5, 5.41) is 4.56. The van der Waals surface area contributed by atoms with Gasteiger partial charge >= 0.3 is 0 Å². The van der Waals surface area contributed by atoms with Crippen LogP contribution >= 0.6 is 0 Å². The van der Waals surface area contributed by atoms with Crippen LogP contribution in [0, 0.1) is 32.4 Å². The molecule has 47 heavy (non-hydrogen) atoms. The highest BCUT2D eigenvalue weighted by molar-refractivity contribution is 6.98. The fourth-order valence-corrected chi connectivity index (χ4v) is 9.14. The van der Waals surface area contributed by atoms with Crippen molar-refractivity contribution in [1.29, 1.82) is 0 Å². The Labute approximate surface area is 267 Å². The Hall–Kier alpha value is -5.43. The number of rotatable bonds is 1. The van der Waals surface area contributed by atoms with Crippen LogP contribution in [0.4, 0.5) is 8.78 Å². The number of nitrogens with zero attached hydrogens (tertiary/aromatic N) is 3. The number of imidazole rings is 1. The summed E-state index contributed by atoms with van der Waals surface area (Å²) in [6, 6.07) is 26.5. The second-order valence-electron chi connectivity index (χ2n) is 13.6. The number of benzene rings is 6. The lowest BCUT2D eigenvalue weighted by atomic mass is 9.34. The summed E-state index contributed by atoms with van der Waals surface area (Å²) in [5.41, 5.74) is 15.7. The predicted molar refractivity (Wildman–Crippen MR) is 187 cm³/mol. The van der Waals surface area contributed by atoms with Gasteiger partial charge in [-0.25, -0.2) is 13.8 Å². The van der Waals surface area contributed by atoms with E-state index in [9.17, 15) is 8.78 Å². The molecule has 0 spiro atoms. The Morgan fingerprint density at radius 2 is 1.51 bits per heavy atom. The molecule has 6 aromatic carbocycles. The molecule has 4 nitrogen and oxygen atoms in total. The van der Waals surface area contributed by atoms with Crippen molar-refractivity contribution in [2.24, 2.45) is 0 Å². The molecule has 0 bridgehead atoms. The van der Waals surface area contributed by atoms with Crippen LogP contribution in [-0.2, 0) is 12.8 Å². The van der Waals surface area contributed by atoms with Gasteiger partial charge in [0.1, 0.15) is 11.2 Å². The molecule has 0 N–H and O–H groups in total. The summed E-state index contributed by atoms with van der Waals surface area (Å²) < 4.78 is 40.3. The third kappa shape index (κ3) is 3.10. The highest BCUT2D eigenvalue weighted by atomic mass is 19.2. The lowest BCUT2D eigenvalue weighted by Gasteiger charge is -2.32. The number of hydrogen-bond donors (Lipinski definition) is 0. The van der Waals surface area contributed by atoms with E-state index in [0.29, 0.717) is 16.8 Å². The Kier molecular flexibility index (Phi) is 4.64. The van der Waals surface area contributed by atoms with Gasteiger partial charge < -0.3 is 4.42 Å². The molecule has 9 aromatic rings. The summed E-state index contributed by atoms with van der Waals surface area (Å²) in [6.07, 6.45) is 1.95. The van der Waals surface area contributed by atoms with E-state index >= 15 is 0 Å². The van der Waals surface area contributed by atoms with Crippen molar-refractivity contribution in [2.75, 3.05) is 0 Å². The summed E-state index contributed by atoms with van der Waals surface area (Å²) in [5.74, 6) is -1.17. The maximum Gasteiger partial charge on any atom is 0.247 e. The molecule has 0 atom stereocenters. The fraction of sp³-hybridized carbons (Fsp3) is 0.125. The number of fused-ring (bicyclic) bond motifs is 10. The fourth-order valence-electron chi connectivity index (χ4n) is 9.14. The molecule has 3 aromatic heterocycles. The molecule has 1 aliphatic heterocycles. The van der Waals surface area contributed by atoms with Gasteiger partial charge in [0, 0.05) is 40.0 Å². The molecule has 0 saturated carbocycles. The second kappa shape index (κ2) is 8.48. The second-order valence-corrected chi connectivity index (χ2v) is 13.6. The molecule has 2 aliphatic rings. The molecule has 7 heteroatoms. The summed E-state index contributed by atoms with van der Waals surface area (Å²) in [7, 11) is 0. The van der Waals surface area contributed by atoms with Crippen LogP contribution in [0.1, 0.15) is 27.8 Å². The molecule has 0 radical (unpaired) electrons. The minimum Gasteiger partial charge on any atom is -0.456 e. The van der Waals surface area contributed by atoms with Crippen molar-refractivity contribution in [3.05, 3.63) is 118 Å². The SMILES string of the molecule is Cc1cc(C)c(B2c3cc4c(cc3-n3c5c2cc2c6c(ccc(c65)n5c6cc(F)c(F)cc6nc35)CC2)oc2ccccc24)c(C)c1. The summed E-state index contributed by atoms with van der Waals surface area (Å²) in [6.45, 7) is 6.57. The first-order valence-electron chi connectivity index (χ1n) is 16.2. The number of aromatic nitrogens is 3. The molecule has 11 rings (SSSR count). The number of halogens is 2. The van der Waals surface area contributed by atoms with Crippen molar-refractivity contribution < 1.29 is 13.2 Å². The summed E-state index contributed by atoms with van der Waals surface area (Å²) in [4.78, 5) is 5.05. The summed E-state index contributed by atoms with van der Waals surface area (Å²) >= 11 is 0. The third-order valence-electron chi connectivity index (χ3n) is 10.9. The van der Waals surface area contributed by atoms with Gasteiger partial charge in [0.05, 0.1) is 22.1 Å². The molecule has 4 heterocycles. The van der Waals surface area contributed by atoms with Crippen molar-refractivity contribution in [2.45, 2.75) is 33.6 Å². The van der Waals surface area contributed by atoms with Crippen LogP contribution in [0.2, 0.25) is 0 Å². The van der Waals surface area contributed by atoms with E-state index < -0.39 is 11.6 Å².